The Morgan fingerprint density at radius 3 is 2.32 bits per heavy atom. The largest absolute Gasteiger partial charge is 0.480 e. The summed E-state index contributed by atoms with van der Waals surface area (Å²) in [6.45, 7) is 0. The summed E-state index contributed by atoms with van der Waals surface area (Å²) in [7, 11) is 1.35. The van der Waals surface area contributed by atoms with Crippen molar-refractivity contribution >= 4 is 17.8 Å². The highest BCUT2D eigenvalue weighted by Gasteiger charge is 2.32. The van der Waals surface area contributed by atoms with Crippen LogP contribution in [0.25, 0.3) is 6.08 Å². The summed E-state index contributed by atoms with van der Waals surface area (Å²) >= 11 is 0. The maximum absolute atomic E-state index is 13.2. The zero-order chi connectivity index (χ0) is 19.5. The molecular formula is C24H18O4. The Morgan fingerprint density at radius 2 is 1.61 bits per heavy atom. The van der Waals surface area contributed by atoms with E-state index in [4.69, 9.17) is 9.47 Å². The summed E-state index contributed by atoms with van der Waals surface area (Å²) in [6, 6.07) is 23.9. The lowest BCUT2D eigenvalue weighted by atomic mass is 9.89. The molecule has 0 N–H and O–H groups in total. The van der Waals surface area contributed by atoms with E-state index in [1.54, 1.807) is 30.3 Å². The number of para-hydroxylation sites is 1. The van der Waals surface area contributed by atoms with Gasteiger partial charge < -0.3 is 9.47 Å². The number of ether oxygens (including phenoxy) is 2. The fourth-order valence-corrected chi connectivity index (χ4v) is 3.25. The van der Waals surface area contributed by atoms with Gasteiger partial charge in [-0.25, -0.2) is 4.79 Å². The van der Waals surface area contributed by atoms with E-state index in [9.17, 15) is 9.59 Å². The molecule has 0 aliphatic carbocycles. The number of hydrogen-bond donors (Lipinski definition) is 0. The Balaban J connectivity index is 1.78. The summed E-state index contributed by atoms with van der Waals surface area (Å²) in [6.07, 6.45) is 1.32. The number of hydrogen-bond acceptors (Lipinski definition) is 4. The van der Waals surface area contributed by atoms with Crippen LogP contribution in [0.4, 0.5) is 0 Å². The third-order valence-corrected chi connectivity index (χ3v) is 4.68. The van der Waals surface area contributed by atoms with Crippen LogP contribution in [0, 0.1) is 0 Å². The minimum absolute atomic E-state index is 0.0623. The quantitative estimate of drug-likeness (QED) is 0.487. The average molecular weight is 370 g/mol. The van der Waals surface area contributed by atoms with Crippen molar-refractivity contribution < 1.29 is 19.1 Å². The molecule has 4 rings (SSSR count). The molecule has 4 nitrogen and oxygen atoms in total. The highest BCUT2D eigenvalue weighted by Crippen LogP contribution is 2.39. The number of carbonyl (C=O) groups excluding carboxylic acids is 2. The van der Waals surface area contributed by atoms with Gasteiger partial charge in [0.2, 0.25) is 0 Å². The van der Waals surface area contributed by atoms with E-state index in [1.165, 1.54) is 7.11 Å². The van der Waals surface area contributed by atoms with Crippen LogP contribution in [0.3, 0.4) is 0 Å². The zero-order valence-corrected chi connectivity index (χ0v) is 15.3. The predicted octanol–water partition coefficient (Wildman–Crippen LogP) is 4.87. The van der Waals surface area contributed by atoms with E-state index in [0.29, 0.717) is 22.4 Å². The molecule has 0 saturated carbocycles. The standard InChI is InChI=1S/C24H18O4/c1-27-24(26)18-13-11-16(12-14-18)15-20-22(25)19-9-5-6-10-21(19)28-23(20)17-7-3-2-4-8-17/h2-15,23H,1H3/b20-15-. The summed E-state index contributed by atoms with van der Waals surface area (Å²) < 4.78 is 10.9. The molecule has 0 amide bonds. The Morgan fingerprint density at radius 1 is 0.929 bits per heavy atom. The van der Waals surface area contributed by atoms with Crippen LogP contribution < -0.4 is 4.74 Å². The van der Waals surface area contributed by atoms with Crippen molar-refractivity contribution in [3.63, 3.8) is 0 Å². The van der Waals surface area contributed by atoms with Gasteiger partial charge >= 0.3 is 5.97 Å². The monoisotopic (exact) mass is 370 g/mol. The molecule has 1 heterocycles. The van der Waals surface area contributed by atoms with Crippen LogP contribution >= 0.6 is 0 Å². The molecule has 1 unspecified atom stereocenters. The van der Waals surface area contributed by atoms with Gasteiger partial charge in [0.15, 0.2) is 11.9 Å². The average Bonchev–Trinajstić information content (AvgIpc) is 2.76. The fourth-order valence-electron chi connectivity index (χ4n) is 3.25. The maximum atomic E-state index is 13.2. The number of methoxy groups -OCH3 is 1. The van der Waals surface area contributed by atoms with Gasteiger partial charge in [-0.3, -0.25) is 4.79 Å². The molecule has 0 fully saturated rings. The molecule has 138 valence electrons. The van der Waals surface area contributed by atoms with Crippen molar-refractivity contribution in [2.24, 2.45) is 0 Å². The highest BCUT2D eigenvalue weighted by atomic mass is 16.5. The van der Waals surface area contributed by atoms with Crippen molar-refractivity contribution in [2.45, 2.75) is 6.10 Å². The molecule has 28 heavy (non-hydrogen) atoms. The lowest BCUT2D eigenvalue weighted by Gasteiger charge is -2.28. The summed E-state index contributed by atoms with van der Waals surface area (Å²) in [5, 5.41) is 0. The molecule has 0 saturated heterocycles. The molecule has 0 radical (unpaired) electrons. The summed E-state index contributed by atoms with van der Waals surface area (Å²) in [5.74, 6) is 0.125. The first-order valence-corrected chi connectivity index (χ1v) is 8.92. The molecule has 0 aromatic heterocycles. The third kappa shape index (κ3) is 3.32. The lowest BCUT2D eigenvalue weighted by molar-refractivity contribution is 0.0600. The van der Waals surface area contributed by atoms with Crippen LogP contribution in [0.5, 0.6) is 5.75 Å². The Bertz CT molecular complexity index is 1050. The van der Waals surface area contributed by atoms with Crippen LogP contribution in [0.15, 0.2) is 84.4 Å². The van der Waals surface area contributed by atoms with Gasteiger partial charge in [-0.15, -0.1) is 0 Å². The Labute approximate surface area is 163 Å². The van der Waals surface area contributed by atoms with Gasteiger partial charge in [-0.2, -0.15) is 0 Å². The number of rotatable bonds is 3. The number of esters is 1. The smallest absolute Gasteiger partial charge is 0.337 e. The van der Waals surface area contributed by atoms with Gasteiger partial charge in [0.1, 0.15) is 5.75 Å². The molecule has 3 aromatic rings. The van der Waals surface area contributed by atoms with E-state index in [0.717, 1.165) is 11.1 Å². The first kappa shape index (κ1) is 17.7. The van der Waals surface area contributed by atoms with Crippen LogP contribution in [0.2, 0.25) is 0 Å². The Kier molecular flexibility index (Phi) is 4.77. The van der Waals surface area contributed by atoms with Crippen LogP contribution in [-0.4, -0.2) is 18.9 Å². The number of benzene rings is 3. The first-order chi connectivity index (χ1) is 13.7. The number of fused-ring (bicyclic) bond motifs is 1. The van der Waals surface area contributed by atoms with Crippen molar-refractivity contribution in [1.29, 1.82) is 0 Å². The third-order valence-electron chi connectivity index (χ3n) is 4.68. The topological polar surface area (TPSA) is 52.6 Å². The van der Waals surface area contributed by atoms with Crippen molar-refractivity contribution in [1.82, 2.24) is 0 Å². The van der Waals surface area contributed by atoms with Crippen LogP contribution in [0.1, 0.15) is 37.9 Å². The molecule has 3 aromatic carbocycles. The molecule has 0 bridgehead atoms. The second-order valence-corrected chi connectivity index (χ2v) is 6.45. The van der Waals surface area contributed by atoms with E-state index >= 15 is 0 Å². The van der Waals surface area contributed by atoms with Crippen molar-refractivity contribution in [2.75, 3.05) is 7.11 Å². The molecule has 1 aliphatic heterocycles. The zero-order valence-electron chi connectivity index (χ0n) is 15.3. The SMILES string of the molecule is COC(=O)c1ccc(/C=C2/C(=O)c3ccccc3OC2c2ccccc2)cc1. The number of Topliss-reactive ketones (excluding diaryl/α,β-unsaturated/α-hetero) is 1. The fraction of sp³-hybridized carbons (Fsp3) is 0.0833. The lowest BCUT2D eigenvalue weighted by Crippen LogP contribution is -2.23. The van der Waals surface area contributed by atoms with Gasteiger partial charge in [0.25, 0.3) is 0 Å². The minimum Gasteiger partial charge on any atom is -0.480 e. The van der Waals surface area contributed by atoms with Crippen LogP contribution in [-0.2, 0) is 4.74 Å². The minimum atomic E-state index is -0.496. The second-order valence-electron chi connectivity index (χ2n) is 6.45. The molecule has 0 spiro atoms. The highest BCUT2D eigenvalue weighted by molar-refractivity contribution is 6.14. The van der Waals surface area contributed by atoms with E-state index in [2.05, 4.69) is 0 Å². The van der Waals surface area contributed by atoms with Gasteiger partial charge in [-0.05, 0) is 41.5 Å². The normalized spacial score (nSPS) is 17.0. The Hall–Kier alpha value is -3.66. The second kappa shape index (κ2) is 7.53. The van der Waals surface area contributed by atoms with E-state index < -0.39 is 12.1 Å². The van der Waals surface area contributed by atoms with E-state index in [1.807, 2.05) is 54.6 Å². The molecule has 4 heteroatoms. The van der Waals surface area contributed by atoms with Gasteiger partial charge in [0.05, 0.1) is 18.2 Å². The number of ketones is 1. The molecular weight excluding hydrogens is 352 g/mol. The number of carbonyl (C=O) groups is 2. The molecule has 1 atom stereocenters. The summed E-state index contributed by atoms with van der Waals surface area (Å²) in [5.41, 5.74) is 3.27. The van der Waals surface area contributed by atoms with Crippen molar-refractivity contribution in [3.8, 4) is 5.75 Å². The van der Waals surface area contributed by atoms with Gasteiger partial charge in [-0.1, -0.05) is 54.6 Å². The predicted molar refractivity (Wildman–Crippen MR) is 106 cm³/mol. The van der Waals surface area contributed by atoms with E-state index in [-0.39, 0.29) is 5.78 Å². The van der Waals surface area contributed by atoms with Gasteiger partial charge in [0, 0.05) is 5.57 Å². The maximum Gasteiger partial charge on any atom is 0.337 e. The molecule has 1 aliphatic rings. The van der Waals surface area contributed by atoms with Crippen molar-refractivity contribution in [3.05, 3.63) is 107 Å². The first-order valence-electron chi connectivity index (χ1n) is 8.92. The summed E-state index contributed by atoms with van der Waals surface area (Å²) in [4.78, 5) is 24.8.